The maximum Gasteiger partial charge on any atom is 0.187 e. The molecular weight excluding hydrogens is 214 g/mol. The molecule has 0 fully saturated rings. The largest absolute Gasteiger partial charge is 0.302 e. The predicted molar refractivity (Wildman–Crippen MR) is 56.2 cm³/mol. The Hall–Kier alpha value is -1.59. The monoisotopic (exact) mass is 221 g/mol. The van der Waals surface area contributed by atoms with Crippen molar-refractivity contribution >= 4 is 28.1 Å². The van der Waals surface area contributed by atoms with Crippen molar-refractivity contribution in [3.8, 4) is 0 Å². The molecule has 1 N–H and O–H groups in total. The lowest BCUT2D eigenvalue weighted by atomic mass is 10.1. The summed E-state index contributed by atoms with van der Waals surface area (Å²) in [5.74, 6) is 0. The third-order valence-electron chi connectivity index (χ3n) is 2.13. The highest BCUT2D eigenvalue weighted by Crippen LogP contribution is 2.22. The van der Waals surface area contributed by atoms with Gasteiger partial charge < -0.3 is 4.55 Å². The van der Waals surface area contributed by atoms with Crippen molar-refractivity contribution in [1.82, 2.24) is 4.98 Å². The van der Waals surface area contributed by atoms with E-state index in [-0.39, 0.29) is 4.90 Å². The van der Waals surface area contributed by atoms with Crippen molar-refractivity contribution in [2.45, 2.75) is 4.90 Å². The van der Waals surface area contributed by atoms with Gasteiger partial charge in [0.1, 0.15) is 0 Å². The molecule has 0 spiro atoms. The molecule has 4 nitrogen and oxygen atoms in total. The topological polar surface area (TPSA) is 67.3 Å². The van der Waals surface area contributed by atoms with Gasteiger partial charge in [0.25, 0.3) is 0 Å². The molecule has 1 atom stereocenters. The summed E-state index contributed by atoms with van der Waals surface area (Å²) >= 11 is -2.07. The number of rotatable bonds is 2. The highest BCUT2D eigenvalue weighted by Gasteiger charge is 2.08. The van der Waals surface area contributed by atoms with Gasteiger partial charge in [-0.2, -0.15) is 0 Å². The molecular formula is C10H7NO3S. The van der Waals surface area contributed by atoms with Crippen molar-refractivity contribution in [2.75, 3.05) is 0 Å². The van der Waals surface area contributed by atoms with E-state index >= 15 is 0 Å². The van der Waals surface area contributed by atoms with Crippen LogP contribution in [0.2, 0.25) is 0 Å². The van der Waals surface area contributed by atoms with Crippen molar-refractivity contribution in [3.63, 3.8) is 0 Å². The molecule has 0 aliphatic rings. The van der Waals surface area contributed by atoms with Gasteiger partial charge in [-0.25, -0.2) is 4.21 Å². The Bertz CT molecular complexity index is 553. The number of hydrogen-bond donors (Lipinski definition) is 1. The van der Waals surface area contributed by atoms with Crippen LogP contribution in [0.25, 0.3) is 10.8 Å². The first kappa shape index (κ1) is 9.95. The van der Waals surface area contributed by atoms with Crippen LogP contribution in [0.15, 0.2) is 35.5 Å². The first-order chi connectivity index (χ1) is 7.24. The van der Waals surface area contributed by atoms with E-state index in [1.807, 2.05) is 0 Å². The quantitative estimate of drug-likeness (QED) is 0.618. The van der Waals surface area contributed by atoms with Crippen LogP contribution < -0.4 is 0 Å². The summed E-state index contributed by atoms with van der Waals surface area (Å²) in [6.45, 7) is 0. The summed E-state index contributed by atoms with van der Waals surface area (Å²) in [6.07, 6.45) is 3.73. The highest BCUT2D eigenvalue weighted by molar-refractivity contribution is 7.79. The average Bonchev–Trinajstić information content (AvgIpc) is 2.27. The minimum Gasteiger partial charge on any atom is -0.302 e. The second-order valence-electron chi connectivity index (χ2n) is 2.94. The normalized spacial score (nSPS) is 12.6. The van der Waals surface area contributed by atoms with Crippen molar-refractivity contribution in [1.29, 1.82) is 0 Å². The Morgan fingerprint density at radius 2 is 2.07 bits per heavy atom. The zero-order valence-corrected chi connectivity index (χ0v) is 8.40. The Morgan fingerprint density at radius 1 is 1.27 bits per heavy atom. The number of pyridine rings is 1. The van der Waals surface area contributed by atoms with Gasteiger partial charge >= 0.3 is 0 Å². The van der Waals surface area contributed by atoms with Gasteiger partial charge in [-0.15, -0.1) is 0 Å². The molecule has 0 saturated carbocycles. The van der Waals surface area contributed by atoms with Gasteiger partial charge in [0.15, 0.2) is 17.4 Å². The lowest BCUT2D eigenvalue weighted by Gasteiger charge is -2.03. The average molecular weight is 221 g/mol. The van der Waals surface area contributed by atoms with Crippen LogP contribution in [-0.4, -0.2) is 20.0 Å². The maximum atomic E-state index is 11.0. The highest BCUT2D eigenvalue weighted by atomic mass is 32.2. The van der Waals surface area contributed by atoms with Crippen LogP contribution in [0.3, 0.4) is 0 Å². The minimum atomic E-state index is -2.07. The van der Waals surface area contributed by atoms with E-state index in [1.165, 1.54) is 18.3 Å². The number of carbonyl (C=O) groups is 1. The van der Waals surface area contributed by atoms with Crippen LogP contribution in [0.4, 0.5) is 0 Å². The molecule has 0 aliphatic carbocycles. The van der Waals surface area contributed by atoms with E-state index in [2.05, 4.69) is 4.98 Å². The van der Waals surface area contributed by atoms with Gasteiger partial charge in [-0.3, -0.25) is 9.78 Å². The molecule has 1 aromatic carbocycles. The van der Waals surface area contributed by atoms with Gasteiger partial charge in [-0.05, 0) is 23.6 Å². The van der Waals surface area contributed by atoms with E-state index in [0.29, 0.717) is 22.6 Å². The fourth-order valence-electron chi connectivity index (χ4n) is 1.44. The van der Waals surface area contributed by atoms with Crippen LogP contribution in [-0.2, 0) is 11.1 Å². The maximum absolute atomic E-state index is 11.0. The lowest BCUT2D eigenvalue weighted by Crippen LogP contribution is -1.93. The summed E-state index contributed by atoms with van der Waals surface area (Å²) in [4.78, 5) is 14.9. The molecule has 2 rings (SSSR count). The molecule has 5 heteroatoms. The smallest absolute Gasteiger partial charge is 0.187 e. The minimum absolute atomic E-state index is 0.267. The number of aromatic nitrogens is 1. The van der Waals surface area contributed by atoms with Crippen molar-refractivity contribution < 1.29 is 13.6 Å². The zero-order valence-electron chi connectivity index (χ0n) is 7.58. The molecule has 2 aromatic rings. The lowest BCUT2D eigenvalue weighted by molar-refractivity contribution is 0.112. The second-order valence-corrected chi connectivity index (χ2v) is 3.88. The molecule has 0 radical (unpaired) electrons. The van der Waals surface area contributed by atoms with Crippen LogP contribution in [0.1, 0.15) is 10.4 Å². The molecule has 0 bridgehead atoms. The number of benzene rings is 1. The van der Waals surface area contributed by atoms with Crippen LogP contribution >= 0.6 is 0 Å². The summed E-state index contributed by atoms with van der Waals surface area (Å²) < 4.78 is 20.1. The van der Waals surface area contributed by atoms with E-state index in [0.717, 1.165) is 0 Å². The molecule has 1 aromatic heterocycles. The number of hydrogen-bond acceptors (Lipinski definition) is 3. The first-order valence-corrected chi connectivity index (χ1v) is 5.27. The van der Waals surface area contributed by atoms with Crippen LogP contribution in [0.5, 0.6) is 0 Å². The van der Waals surface area contributed by atoms with Gasteiger partial charge in [0.2, 0.25) is 0 Å². The van der Waals surface area contributed by atoms with Crippen molar-refractivity contribution in [3.05, 3.63) is 36.2 Å². The molecule has 0 aliphatic heterocycles. The Labute approximate surface area is 88.2 Å². The third-order valence-corrected chi connectivity index (χ3v) is 2.86. The number of aldehydes is 1. The second kappa shape index (κ2) is 3.88. The third kappa shape index (κ3) is 1.67. The summed E-state index contributed by atoms with van der Waals surface area (Å²) in [5, 5.41) is 1.17. The summed E-state index contributed by atoms with van der Waals surface area (Å²) in [6, 6.07) is 4.64. The number of fused-ring (bicyclic) bond motifs is 1. The number of carbonyl (C=O) groups excluding carboxylic acids is 1. The molecule has 1 unspecified atom stereocenters. The van der Waals surface area contributed by atoms with Gasteiger partial charge in [0.05, 0.1) is 4.90 Å². The fourth-order valence-corrected chi connectivity index (χ4v) is 1.98. The SMILES string of the molecule is O=Cc1ccc(S(=O)O)c2cnccc12. The number of nitrogens with zero attached hydrogens (tertiary/aromatic N) is 1. The van der Waals surface area contributed by atoms with Gasteiger partial charge in [0, 0.05) is 23.3 Å². The van der Waals surface area contributed by atoms with Crippen LogP contribution in [0, 0.1) is 0 Å². The Kier molecular flexibility index (Phi) is 2.57. The first-order valence-electron chi connectivity index (χ1n) is 4.17. The van der Waals surface area contributed by atoms with E-state index < -0.39 is 11.1 Å². The summed E-state index contributed by atoms with van der Waals surface area (Å²) in [5.41, 5.74) is 0.488. The Morgan fingerprint density at radius 3 is 2.73 bits per heavy atom. The Balaban J connectivity index is 2.89. The van der Waals surface area contributed by atoms with Crippen molar-refractivity contribution in [2.24, 2.45) is 0 Å². The molecule has 1 heterocycles. The molecule has 76 valence electrons. The van der Waals surface area contributed by atoms with Gasteiger partial charge in [-0.1, -0.05) is 0 Å². The van der Waals surface area contributed by atoms with E-state index in [9.17, 15) is 9.00 Å². The van der Waals surface area contributed by atoms with E-state index in [1.54, 1.807) is 12.3 Å². The summed E-state index contributed by atoms with van der Waals surface area (Å²) in [7, 11) is 0. The molecule has 0 amide bonds. The zero-order chi connectivity index (χ0) is 10.8. The van der Waals surface area contributed by atoms with E-state index in [4.69, 9.17) is 4.55 Å². The standard InChI is InChI=1S/C10H7NO3S/c12-6-7-1-2-10(15(13)14)9-5-11-4-3-8(7)9/h1-6H,(H,13,14). The predicted octanol–water partition coefficient (Wildman–Crippen LogP) is 1.63. The molecule has 15 heavy (non-hydrogen) atoms. The molecule has 0 saturated heterocycles. The fraction of sp³-hybridized carbons (Fsp3) is 0.